The molecule has 3 N–H and O–H groups in total. The highest BCUT2D eigenvalue weighted by Crippen LogP contribution is 2.22. The molecule has 0 radical (unpaired) electrons. The average Bonchev–Trinajstić information content (AvgIpc) is 2.72. The Morgan fingerprint density at radius 1 is 1.07 bits per heavy atom. The predicted molar refractivity (Wildman–Crippen MR) is 118 cm³/mol. The number of rotatable bonds is 7. The van der Waals surface area contributed by atoms with Crippen LogP contribution in [-0.2, 0) is 4.79 Å². The van der Waals surface area contributed by atoms with Crippen LogP contribution in [0.1, 0.15) is 56.5 Å². The molecule has 1 saturated heterocycles. The number of urea groups is 1. The van der Waals surface area contributed by atoms with Crippen molar-refractivity contribution in [3.63, 3.8) is 0 Å². The Balaban J connectivity index is 2.13. The second-order valence-corrected chi connectivity index (χ2v) is 8.47. The summed E-state index contributed by atoms with van der Waals surface area (Å²) in [6, 6.07) is 6.67. The lowest BCUT2D eigenvalue weighted by atomic mass is 9.88. The standard InChI is InChI=1S/C23H36N4O3/c1-6-24-23(30)27-13-11-18(12-14-27)20(22(29)25-17(5)15(2)3)26-21(28)19-10-8-7-9-16(19)4/h7-10,15,17-18,20H,6,11-14H2,1-5H3,(H,24,30)(H,25,29)(H,26,28)/t17-,20+/m1/s1. The first-order chi connectivity index (χ1) is 14.2. The van der Waals surface area contributed by atoms with E-state index in [0.29, 0.717) is 44.0 Å². The number of carbonyl (C=O) groups is 3. The molecular formula is C23H36N4O3. The molecule has 0 saturated carbocycles. The van der Waals surface area contributed by atoms with E-state index in [9.17, 15) is 14.4 Å². The fraction of sp³-hybridized carbons (Fsp3) is 0.609. The molecule has 1 aliphatic rings. The topological polar surface area (TPSA) is 90.5 Å². The number of aryl methyl sites for hydroxylation is 1. The predicted octanol–water partition coefficient (Wildman–Crippen LogP) is 2.70. The number of nitrogens with zero attached hydrogens (tertiary/aromatic N) is 1. The lowest BCUT2D eigenvalue weighted by molar-refractivity contribution is -0.125. The Morgan fingerprint density at radius 2 is 1.70 bits per heavy atom. The van der Waals surface area contributed by atoms with Crippen molar-refractivity contribution < 1.29 is 14.4 Å². The zero-order valence-corrected chi connectivity index (χ0v) is 18.8. The van der Waals surface area contributed by atoms with E-state index >= 15 is 0 Å². The zero-order chi connectivity index (χ0) is 22.3. The number of carbonyl (C=O) groups excluding carboxylic acids is 3. The molecule has 4 amide bonds. The summed E-state index contributed by atoms with van der Waals surface area (Å²) in [5.74, 6) is -0.129. The number of hydrogen-bond acceptors (Lipinski definition) is 3. The van der Waals surface area contributed by atoms with Crippen LogP contribution >= 0.6 is 0 Å². The summed E-state index contributed by atoms with van der Waals surface area (Å²) in [6.45, 7) is 11.6. The summed E-state index contributed by atoms with van der Waals surface area (Å²) in [5, 5.41) is 8.86. The number of nitrogens with one attached hydrogen (secondary N) is 3. The number of piperidine rings is 1. The first kappa shape index (κ1) is 23.7. The maximum atomic E-state index is 13.1. The molecule has 1 aromatic carbocycles. The van der Waals surface area contributed by atoms with E-state index in [2.05, 4.69) is 29.8 Å². The molecule has 0 aromatic heterocycles. The molecule has 7 nitrogen and oxygen atoms in total. The number of hydrogen-bond donors (Lipinski definition) is 3. The molecule has 1 aliphatic heterocycles. The molecule has 0 unspecified atom stereocenters. The van der Waals surface area contributed by atoms with Gasteiger partial charge in [-0.15, -0.1) is 0 Å². The van der Waals surface area contributed by atoms with Gasteiger partial charge in [0.25, 0.3) is 5.91 Å². The molecule has 1 fully saturated rings. The summed E-state index contributed by atoms with van der Waals surface area (Å²) in [5.41, 5.74) is 1.45. The lowest BCUT2D eigenvalue weighted by Gasteiger charge is -2.36. The van der Waals surface area contributed by atoms with Crippen molar-refractivity contribution in [3.8, 4) is 0 Å². The van der Waals surface area contributed by atoms with Gasteiger partial charge in [-0.05, 0) is 57.1 Å². The van der Waals surface area contributed by atoms with E-state index in [0.717, 1.165) is 5.56 Å². The van der Waals surface area contributed by atoms with Gasteiger partial charge in [0.15, 0.2) is 0 Å². The van der Waals surface area contributed by atoms with Crippen LogP contribution in [0.3, 0.4) is 0 Å². The van der Waals surface area contributed by atoms with Crippen molar-refractivity contribution in [1.29, 1.82) is 0 Å². The minimum Gasteiger partial charge on any atom is -0.352 e. The Hall–Kier alpha value is -2.57. The van der Waals surface area contributed by atoms with Gasteiger partial charge in [-0.1, -0.05) is 32.0 Å². The number of benzene rings is 1. The molecule has 0 bridgehead atoms. The van der Waals surface area contributed by atoms with E-state index in [1.54, 1.807) is 11.0 Å². The van der Waals surface area contributed by atoms with Gasteiger partial charge in [0, 0.05) is 31.2 Å². The first-order valence-corrected chi connectivity index (χ1v) is 10.9. The van der Waals surface area contributed by atoms with Crippen molar-refractivity contribution in [3.05, 3.63) is 35.4 Å². The van der Waals surface area contributed by atoms with Crippen LogP contribution in [0.4, 0.5) is 4.79 Å². The van der Waals surface area contributed by atoms with Gasteiger partial charge < -0.3 is 20.9 Å². The van der Waals surface area contributed by atoms with E-state index in [-0.39, 0.29) is 29.8 Å². The summed E-state index contributed by atoms with van der Waals surface area (Å²) >= 11 is 0. The Kier molecular flexibility index (Phi) is 8.69. The molecule has 1 aromatic rings. The average molecular weight is 417 g/mol. The molecule has 30 heavy (non-hydrogen) atoms. The van der Waals surface area contributed by atoms with Gasteiger partial charge in [0.05, 0.1) is 0 Å². The van der Waals surface area contributed by atoms with Crippen molar-refractivity contribution in [2.45, 2.75) is 59.5 Å². The van der Waals surface area contributed by atoms with E-state index in [1.807, 2.05) is 39.0 Å². The monoisotopic (exact) mass is 416 g/mol. The smallest absolute Gasteiger partial charge is 0.317 e. The molecule has 7 heteroatoms. The normalized spacial score (nSPS) is 16.7. The first-order valence-electron chi connectivity index (χ1n) is 10.9. The third kappa shape index (κ3) is 6.21. The second-order valence-electron chi connectivity index (χ2n) is 8.47. The van der Waals surface area contributed by atoms with Crippen LogP contribution in [0.2, 0.25) is 0 Å². The SMILES string of the molecule is CCNC(=O)N1CCC([C@H](NC(=O)c2ccccc2C)C(=O)N[C@H](C)C(C)C)CC1. The highest BCUT2D eigenvalue weighted by molar-refractivity contribution is 5.98. The van der Waals surface area contributed by atoms with E-state index in [4.69, 9.17) is 0 Å². The zero-order valence-electron chi connectivity index (χ0n) is 18.8. The van der Waals surface area contributed by atoms with E-state index < -0.39 is 6.04 Å². The molecule has 2 rings (SSSR count). The Morgan fingerprint density at radius 3 is 2.27 bits per heavy atom. The van der Waals surface area contributed by atoms with Crippen LogP contribution in [-0.4, -0.2) is 54.5 Å². The second kappa shape index (κ2) is 11.0. The quantitative estimate of drug-likeness (QED) is 0.638. The summed E-state index contributed by atoms with van der Waals surface area (Å²) in [6.07, 6.45) is 1.33. The maximum absolute atomic E-state index is 13.1. The number of likely N-dealkylation sites (tertiary alicyclic amines) is 1. The van der Waals surface area contributed by atoms with Gasteiger partial charge in [-0.2, -0.15) is 0 Å². The molecule has 2 atom stereocenters. The van der Waals surface area contributed by atoms with Gasteiger partial charge in [0.2, 0.25) is 5.91 Å². The number of amides is 4. The molecule has 166 valence electrons. The molecule has 0 aliphatic carbocycles. The lowest BCUT2D eigenvalue weighted by Crippen LogP contribution is -2.56. The minimum absolute atomic E-state index is 0.00536. The van der Waals surface area contributed by atoms with Crippen LogP contribution in [0, 0.1) is 18.8 Å². The minimum atomic E-state index is -0.630. The van der Waals surface area contributed by atoms with Crippen LogP contribution < -0.4 is 16.0 Å². The fourth-order valence-corrected chi connectivity index (χ4v) is 3.62. The van der Waals surface area contributed by atoms with Crippen molar-refractivity contribution in [2.75, 3.05) is 19.6 Å². The summed E-state index contributed by atoms with van der Waals surface area (Å²) < 4.78 is 0. The maximum Gasteiger partial charge on any atom is 0.317 e. The summed E-state index contributed by atoms with van der Waals surface area (Å²) in [4.78, 5) is 39.9. The van der Waals surface area contributed by atoms with Crippen LogP contribution in [0.5, 0.6) is 0 Å². The highest BCUT2D eigenvalue weighted by Gasteiger charge is 2.34. The fourth-order valence-electron chi connectivity index (χ4n) is 3.62. The van der Waals surface area contributed by atoms with Gasteiger partial charge >= 0.3 is 6.03 Å². The summed E-state index contributed by atoms with van der Waals surface area (Å²) in [7, 11) is 0. The largest absolute Gasteiger partial charge is 0.352 e. The van der Waals surface area contributed by atoms with Crippen molar-refractivity contribution in [2.24, 2.45) is 11.8 Å². The molecule has 1 heterocycles. The van der Waals surface area contributed by atoms with Crippen molar-refractivity contribution >= 4 is 17.8 Å². The highest BCUT2D eigenvalue weighted by atomic mass is 16.2. The van der Waals surface area contributed by atoms with Gasteiger partial charge in [-0.25, -0.2) is 4.79 Å². The third-order valence-corrected chi connectivity index (χ3v) is 5.95. The molecule has 0 spiro atoms. The van der Waals surface area contributed by atoms with Crippen LogP contribution in [0.15, 0.2) is 24.3 Å². The van der Waals surface area contributed by atoms with Gasteiger partial charge in [-0.3, -0.25) is 9.59 Å². The van der Waals surface area contributed by atoms with Gasteiger partial charge in [0.1, 0.15) is 6.04 Å². The Bertz CT molecular complexity index is 742. The van der Waals surface area contributed by atoms with Crippen LogP contribution in [0.25, 0.3) is 0 Å². The van der Waals surface area contributed by atoms with Crippen molar-refractivity contribution in [1.82, 2.24) is 20.9 Å². The Labute approximate surface area is 180 Å². The third-order valence-electron chi connectivity index (χ3n) is 5.95. The van der Waals surface area contributed by atoms with E-state index in [1.165, 1.54) is 0 Å². The molecular weight excluding hydrogens is 380 g/mol.